The topological polar surface area (TPSA) is 37.4 Å². The second-order valence-electron chi connectivity index (χ2n) is 4.43. The lowest BCUT2D eigenvalue weighted by molar-refractivity contribution is 0.178. The average Bonchev–Trinajstić information content (AvgIpc) is 2.29. The zero-order chi connectivity index (χ0) is 13.5. The van der Waals surface area contributed by atoms with Crippen LogP contribution < -0.4 is 5.32 Å². The fourth-order valence-corrected chi connectivity index (χ4v) is 1.88. The van der Waals surface area contributed by atoms with Crippen molar-refractivity contribution in [3.63, 3.8) is 0 Å². The van der Waals surface area contributed by atoms with Crippen molar-refractivity contribution in [1.82, 2.24) is 15.2 Å². The third kappa shape index (κ3) is 4.98. The molecule has 100 valence electrons. The van der Waals surface area contributed by atoms with Crippen molar-refractivity contribution in [3.05, 3.63) is 29.6 Å². The van der Waals surface area contributed by atoms with Gasteiger partial charge in [-0.25, -0.2) is 0 Å². The molecule has 0 radical (unpaired) electrons. The Morgan fingerprint density at radius 1 is 1.56 bits per heavy atom. The molecule has 0 amide bonds. The van der Waals surface area contributed by atoms with Crippen LogP contribution in [-0.4, -0.2) is 41.8 Å². The standard InChI is InChI=1S/C13H21N3OS/c1-10-6-5-7-12(14-10)8-16(3)13(18)15-11(2)9-17-4/h5-7,11H,8-9H2,1-4H3,(H,15,18). The molecule has 0 aliphatic rings. The summed E-state index contributed by atoms with van der Waals surface area (Å²) in [4.78, 5) is 6.43. The largest absolute Gasteiger partial charge is 0.383 e. The summed E-state index contributed by atoms with van der Waals surface area (Å²) in [5, 5.41) is 3.93. The molecule has 0 saturated carbocycles. The van der Waals surface area contributed by atoms with Crippen molar-refractivity contribution in [2.45, 2.75) is 26.4 Å². The SMILES string of the molecule is COCC(C)NC(=S)N(C)Cc1cccc(C)n1. The molecule has 0 saturated heterocycles. The minimum Gasteiger partial charge on any atom is -0.383 e. The number of nitrogens with zero attached hydrogens (tertiary/aromatic N) is 2. The zero-order valence-electron chi connectivity index (χ0n) is 11.4. The monoisotopic (exact) mass is 267 g/mol. The van der Waals surface area contributed by atoms with Crippen molar-refractivity contribution >= 4 is 17.3 Å². The number of ether oxygens (including phenoxy) is 1. The van der Waals surface area contributed by atoms with E-state index in [4.69, 9.17) is 17.0 Å². The van der Waals surface area contributed by atoms with E-state index in [1.54, 1.807) is 7.11 Å². The quantitative estimate of drug-likeness (QED) is 0.822. The molecule has 5 heteroatoms. The normalized spacial score (nSPS) is 12.0. The lowest BCUT2D eigenvalue weighted by atomic mass is 10.3. The maximum absolute atomic E-state index is 5.33. The van der Waals surface area contributed by atoms with E-state index in [0.29, 0.717) is 18.3 Å². The minimum absolute atomic E-state index is 0.204. The summed E-state index contributed by atoms with van der Waals surface area (Å²) in [6, 6.07) is 6.21. The number of thiocarbonyl (C=S) groups is 1. The molecule has 0 fully saturated rings. The molecule has 1 atom stereocenters. The Morgan fingerprint density at radius 2 is 2.28 bits per heavy atom. The van der Waals surface area contributed by atoms with E-state index in [-0.39, 0.29) is 6.04 Å². The van der Waals surface area contributed by atoms with Gasteiger partial charge in [-0.3, -0.25) is 4.98 Å². The van der Waals surface area contributed by atoms with Gasteiger partial charge in [0.1, 0.15) is 0 Å². The van der Waals surface area contributed by atoms with Gasteiger partial charge in [0, 0.05) is 25.9 Å². The fraction of sp³-hybridized carbons (Fsp3) is 0.538. The van der Waals surface area contributed by atoms with Gasteiger partial charge in [0.05, 0.1) is 18.8 Å². The Morgan fingerprint density at radius 3 is 2.89 bits per heavy atom. The van der Waals surface area contributed by atoms with Crippen molar-refractivity contribution in [3.8, 4) is 0 Å². The highest BCUT2D eigenvalue weighted by atomic mass is 32.1. The second kappa shape index (κ2) is 7.28. The molecule has 1 unspecified atom stereocenters. The van der Waals surface area contributed by atoms with Crippen LogP contribution in [-0.2, 0) is 11.3 Å². The number of hydrogen-bond donors (Lipinski definition) is 1. The average molecular weight is 267 g/mol. The first-order valence-electron chi connectivity index (χ1n) is 5.96. The van der Waals surface area contributed by atoms with Gasteiger partial charge in [0.25, 0.3) is 0 Å². The summed E-state index contributed by atoms with van der Waals surface area (Å²) in [5.74, 6) is 0. The highest BCUT2D eigenvalue weighted by Gasteiger charge is 2.09. The molecule has 4 nitrogen and oxygen atoms in total. The van der Waals surface area contributed by atoms with Crippen LogP contribution in [0.5, 0.6) is 0 Å². The van der Waals surface area contributed by atoms with E-state index in [0.717, 1.165) is 11.4 Å². The molecule has 1 rings (SSSR count). The van der Waals surface area contributed by atoms with Gasteiger partial charge in [-0.1, -0.05) is 6.07 Å². The maximum atomic E-state index is 5.33. The lowest BCUT2D eigenvalue weighted by Gasteiger charge is -2.23. The molecule has 18 heavy (non-hydrogen) atoms. The van der Waals surface area contributed by atoms with Gasteiger partial charge in [-0.2, -0.15) is 0 Å². The highest BCUT2D eigenvalue weighted by molar-refractivity contribution is 7.80. The number of rotatable bonds is 5. The zero-order valence-corrected chi connectivity index (χ0v) is 12.3. The predicted molar refractivity (Wildman–Crippen MR) is 77.5 cm³/mol. The minimum atomic E-state index is 0.204. The predicted octanol–water partition coefficient (Wildman–Crippen LogP) is 1.73. The number of nitrogens with one attached hydrogen (secondary N) is 1. The van der Waals surface area contributed by atoms with E-state index in [9.17, 15) is 0 Å². The van der Waals surface area contributed by atoms with Crippen molar-refractivity contribution < 1.29 is 4.74 Å². The van der Waals surface area contributed by atoms with Crippen molar-refractivity contribution in [2.75, 3.05) is 20.8 Å². The van der Waals surface area contributed by atoms with Gasteiger partial charge >= 0.3 is 0 Å². The van der Waals surface area contributed by atoms with E-state index >= 15 is 0 Å². The van der Waals surface area contributed by atoms with Crippen LogP contribution in [0.2, 0.25) is 0 Å². The Balaban J connectivity index is 2.49. The Kier molecular flexibility index (Phi) is 6.01. The molecule has 1 N–H and O–H groups in total. The number of pyridine rings is 1. The van der Waals surface area contributed by atoms with Crippen molar-refractivity contribution in [2.24, 2.45) is 0 Å². The maximum Gasteiger partial charge on any atom is 0.169 e. The molecule has 0 aliphatic carbocycles. The van der Waals surface area contributed by atoms with Gasteiger partial charge in [0.2, 0.25) is 0 Å². The third-order valence-electron chi connectivity index (χ3n) is 2.48. The number of methoxy groups -OCH3 is 1. The van der Waals surface area contributed by atoms with Gasteiger partial charge in [-0.15, -0.1) is 0 Å². The van der Waals surface area contributed by atoms with E-state index < -0.39 is 0 Å². The number of aryl methyl sites for hydroxylation is 1. The summed E-state index contributed by atoms with van der Waals surface area (Å²) in [5.41, 5.74) is 2.04. The van der Waals surface area contributed by atoms with Gasteiger partial charge < -0.3 is 15.0 Å². The van der Waals surface area contributed by atoms with Gasteiger partial charge in [-0.05, 0) is 38.2 Å². The molecule has 0 aliphatic heterocycles. The highest BCUT2D eigenvalue weighted by Crippen LogP contribution is 2.02. The first kappa shape index (κ1) is 14.9. The molecule has 0 bridgehead atoms. The van der Waals surface area contributed by atoms with E-state index in [1.807, 2.05) is 44.0 Å². The third-order valence-corrected chi connectivity index (χ3v) is 2.91. The van der Waals surface area contributed by atoms with Crippen LogP contribution in [0.15, 0.2) is 18.2 Å². The summed E-state index contributed by atoms with van der Waals surface area (Å²) in [6.07, 6.45) is 0. The summed E-state index contributed by atoms with van der Waals surface area (Å²) in [7, 11) is 3.64. The fourth-order valence-electron chi connectivity index (χ4n) is 1.62. The van der Waals surface area contributed by atoms with Crippen LogP contribution in [0.1, 0.15) is 18.3 Å². The molecule has 0 aromatic carbocycles. The molecular weight excluding hydrogens is 246 g/mol. The van der Waals surface area contributed by atoms with E-state index in [1.165, 1.54) is 0 Å². The molecule has 1 heterocycles. The number of aromatic nitrogens is 1. The molecule has 1 aromatic rings. The summed E-state index contributed by atoms with van der Waals surface area (Å²) < 4.78 is 5.07. The first-order chi connectivity index (χ1) is 8.52. The van der Waals surface area contributed by atoms with Crippen LogP contribution in [0.4, 0.5) is 0 Å². The Bertz CT molecular complexity index is 398. The van der Waals surface area contributed by atoms with Crippen LogP contribution >= 0.6 is 12.2 Å². The smallest absolute Gasteiger partial charge is 0.169 e. The summed E-state index contributed by atoms with van der Waals surface area (Å²) >= 11 is 5.33. The summed E-state index contributed by atoms with van der Waals surface area (Å²) in [6.45, 7) is 5.36. The first-order valence-corrected chi connectivity index (χ1v) is 6.37. The van der Waals surface area contributed by atoms with Gasteiger partial charge in [0.15, 0.2) is 5.11 Å². The Labute approximate surface area is 114 Å². The van der Waals surface area contributed by atoms with Crippen LogP contribution in [0.25, 0.3) is 0 Å². The van der Waals surface area contributed by atoms with Crippen molar-refractivity contribution in [1.29, 1.82) is 0 Å². The second-order valence-corrected chi connectivity index (χ2v) is 4.82. The molecule has 1 aromatic heterocycles. The van der Waals surface area contributed by atoms with E-state index in [2.05, 4.69) is 10.3 Å². The molecular formula is C13H21N3OS. The van der Waals surface area contributed by atoms with Crippen LogP contribution in [0, 0.1) is 6.92 Å². The Hall–Kier alpha value is -1.20. The molecule has 0 spiro atoms. The lowest BCUT2D eigenvalue weighted by Crippen LogP contribution is -2.43. The number of hydrogen-bond acceptors (Lipinski definition) is 3. The van der Waals surface area contributed by atoms with Crippen LogP contribution in [0.3, 0.4) is 0 Å².